The molecule has 16 heavy (non-hydrogen) atoms. The topological polar surface area (TPSA) is 55.1 Å². The highest BCUT2D eigenvalue weighted by Crippen LogP contribution is 2.16. The fourth-order valence-electron chi connectivity index (χ4n) is 1.11. The van der Waals surface area contributed by atoms with Gasteiger partial charge in [0.2, 0.25) is 5.76 Å². The molecule has 0 bridgehead atoms. The molecule has 0 aliphatic carbocycles. The molecule has 4 nitrogen and oxygen atoms in total. The van der Waals surface area contributed by atoms with Gasteiger partial charge in [-0.25, -0.2) is 8.78 Å². The Balaban J connectivity index is 2.21. The van der Waals surface area contributed by atoms with Gasteiger partial charge in [0.05, 0.1) is 11.9 Å². The largest absolute Gasteiger partial charge is 0.351 e. The van der Waals surface area contributed by atoms with Crippen molar-refractivity contribution in [1.29, 1.82) is 0 Å². The van der Waals surface area contributed by atoms with Gasteiger partial charge >= 0.3 is 0 Å². The zero-order valence-corrected chi connectivity index (χ0v) is 7.91. The third kappa shape index (κ3) is 2.05. The second-order valence-electron chi connectivity index (χ2n) is 2.95. The van der Waals surface area contributed by atoms with Crippen molar-refractivity contribution in [2.75, 3.05) is 5.32 Å². The average Bonchev–Trinajstić information content (AvgIpc) is 2.76. The van der Waals surface area contributed by atoms with Crippen LogP contribution in [0.4, 0.5) is 14.5 Å². The third-order valence-corrected chi connectivity index (χ3v) is 1.84. The van der Waals surface area contributed by atoms with Crippen LogP contribution >= 0.6 is 0 Å². The van der Waals surface area contributed by atoms with E-state index >= 15 is 0 Å². The summed E-state index contributed by atoms with van der Waals surface area (Å²) in [6, 6.07) is 4.07. The van der Waals surface area contributed by atoms with Crippen LogP contribution in [0.3, 0.4) is 0 Å². The number of nitrogens with one attached hydrogen (secondary N) is 1. The van der Waals surface area contributed by atoms with Crippen LogP contribution in [-0.4, -0.2) is 11.1 Å². The number of carbonyl (C=O) groups is 1. The molecule has 0 atom stereocenters. The maximum absolute atomic E-state index is 13.1. The van der Waals surface area contributed by atoms with Gasteiger partial charge in [-0.15, -0.1) is 0 Å². The van der Waals surface area contributed by atoms with E-state index in [1.165, 1.54) is 12.3 Å². The lowest BCUT2D eigenvalue weighted by atomic mass is 10.3. The summed E-state index contributed by atoms with van der Waals surface area (Å²) in [5.41, 5.74) is -0.249. The molecule has 0 aliphatic heterocycles. The molecule has 0 aliphatic rings. The minimum atomic E-state index is -0.728. The highest BCUT2D eigenvalue weighted by molar-refractivity contribution is 6.02. The van der Waals surface area contributed by atoms with E-state index in [9.17, 15) is 13.6 Å². The van der Waals surface area contributed by atoms with E-state index in [4.69, 9.17) is 0 Å². The number of halogens is 2. The third-order valence-electron chi connectivity index (χ3n) is 1.84. The Labute approximate surface area is 88.9 Å². The van der Waals surface area contributed by atoms with Gasteiger partial charge in [0.15, 0.2) is 0 Å². The summed E-state index contributed by atoms with van der Waals surface area (Å²) in [5.74, 6) is -2.14. The van der Waals surface area contributed by atoms with E-state index in [0.29, 0.717) is 0 Å². The van der Waals surface area contributed by atoms with Crippen LogP contribution in [0, 0.1) is 11.6 Å². The number of aromatic nitrogens is 1. The molecule has 2 rings (SSSR count). The molecule has 1 amide bonds. The van der Waals surface area contributed by atoms with Gasteiger partial charge in [0.25, 0.3) is 5.91 Å². The molecule has 1 N–H and O–H groups in total. The maximum atomic E-state index is 13.1. The molecule has 0 radical (unpaired) electrons. The molecule has 0 fully saturated rings. The number of carbonyl (C=O) groups excluding carboxylic acids is 1. The van der Waals surface area contributed by atoms with Crippen LogP contribution < -0.4 is 5.32 Å². The van der Waals surface area contributed by atoms with Crippen molar-refractivity contribution in [3.8, 4) is 0 Å². The summed E-state index contributed by atoms with van der Waals surface area (Å²) in [4.78, 5) is 11.4. The second-order valence-corrected chi connectivity index (χ2v) is 2.95. The predicted molar refractivity (Wildman–Crippen MR) is 50.8 cm³/mol. The smallest absolute Gasteiger partial charge is 0.294 e. The fourth-order valence-corrected chi connectivity index (χ4v) is 1.11. The summed E-state index contributed by atoms with van der Waals surface area (Å²) in [6.45, 7) is 0. The Bertz CT molecular complexity index is 512. The molecule has 0 spiro atoms. The number of rotatable bonds is 2. The van der Waals surface area contributed by atoms with E-state index in [-0.39, 0.29) is 11.4 Å². The first kappa shape index (κ1) is 10.3. The zero-order valence-electron chi connectivity index (χ0n) is 7.91. The number of amides is 1. The maximum Gasteiger partial charge on any atom is 0.294 e. The van der Waals surface area contributed by atoms with Gasteiger partial charge in [-0.2, -0.15) is 0 Å². The minimum absolute atomic E-state index is 0.0799. The number of hydrogen-bond donors (Lipinski definition) is 1. The molecule has 0 saturated carbocycles. The zero-order chi connectivity index (χ0) is 11.5. The molecular formula is C10H6F2N2O2. The quantitative estimate of drug-likeness (QED) is 0.850. The van der Waals surface area contributed by atoms with Gasteiger partial charge < -0.3 is 9.84 Å². The van der Waals surface area contributed by atoms with Gasteiger partial charge in [-0.1, -0.05) is 5.16 Å². The first-order chi connectivity index (χ1) is 7.66. The molecular weight excluding hydrogens is 218 g/mol. The van der Waals surface area contributed by atoms with Crippen molar-refractivity contribution < 1.29 is 18.1 Å². The number of benzene rings is 1. The highest BCUT2D eigenvalue weighted by Gasteiger charge is 2.12. The molecule has 1 aromatic heterocycles. The second kappa shape index (κ2) is 4.09. The van der Waals surface area contributed by atoms with Crippen LogP contribution in [0.5, 0.6) is 0 Å². The van der Waals surface area contributed by atoms with Crippen molar-refractivity contribution in [1.82, 2.24) is 5.16 Å². The Hall–Kier alpha value is -2.24. The monoisotopic (exact) mass is 224 g/mol. The number of hydrogen-bond acceptors (Lipinski definition) is 3. The fraction of sp³-hybridized carbons (Fsp3) is 0. The molecule has 1 heterocycles. The van der Waals surface area contributed by atoms with Crippen molar-refractivity contribution >= 4 is 11.6 Å². The normalized spacial score (nSPS) is 10.1. The van der Waals surface area contributed by atoms with Crippen LogP contribution in [0.25, 0.3) is 0 Å². The lowest BCUT2D eigenvalue weighted by Crippen LogP contribution is -2.12. The molecule has 6 heteroatoms. The Morgan fingerprint density at radius 1 is 1.31 bits per heavy atom. The first-order valence-electron chi connectivity index (χ1n) is 4.34. The Morgan fingerprint density at radius 3 is 2.81 bits per heavy atom. The SMILES string of the molecule is O=C(Nc1cc(F)ccc1F)c1ccno1. The van der Waals surface area contributed by atoms with E-state index in [1.807, 2.05) is 0 Å². The minimum Gasteiger partial charge on any atom is -0.351 e. The number of nitrogens with zero attached hydrogens (tertiary/aromatic N) is 1. The van der Waals surface area contributed by atoms with Crippen LogP contribution in [-0.2, 0) is 0 Å². The summed E-state index contributed by atoms with van der Waals surface area (Å²) in [7, 11) is 0. The molecule has 0 saturated heterocycles. The summed E-state index contributed by atoms with van der Waals surface area (Å²) in [6.07, 6.45) is 1.27. The van der Waals surface area contributed by atoms with E-state index in [0.717, 1.165) is 18.2 Å². The lowest BCUT2D eigenvalue weighted by Gasteiger charge is -2.03. The Kier molecular flexibility index (Phi) is 2.63. The van der Waals surface area contributed by atoms with Gasteiger partial charge in [-0.3, -0.25) is 4.79 Å². The van der Waals surface area contributed by atoms with E-state index < -0.39 is 17.5 Å². The summed E-state index contributed by atoms with van der Waals surface area (Å²) in [5, 5.41) is 5.49. The molecule has 82 valence electrons. The van der Waals surface area contributed by atoms with Crippen molar-refractivity contribution in [3.05, 3.63) is 47.9 Å². The van der Waals surface area contributed by atoms with Gasteiger partial charge in [0.1, 0.15) is 11.6 Å². The first-order valence-corrected chi connectivity index (χ1v) is 4.34. The standard InChI is InChI=1S/C10H6F2N2O2/c11-6-1-2-7(12)8(5-6)14-10(15)9-3-4-13-16-9/h1-5H,(H,14,15). The summed E-state index contributed by atoms with van der Waals surface area (Å²) < 4.78 is 30.5. The van der Waals surface area contributed by atoms with Crippen LogP contribution in [0.1, 0.15) is 10.6 Å². The highest BCUT2D eigenvalue weighted by atomic mass is 19.1. The van der Waals surface area contributed by atoms with Gasteiger partial charge in [0, 0.05) is 12.1 Å². The lowest BCUT2D eigenvalue weighted by molar-refractivity contribution is 0.0987. The van der Waals surface area contributed by atoms with Crippen molar-refractivity contribution in [2.45, 2.75) is 0 Å². The average molecular weight is 224 g/mol. The Morgan fingerprint density at radius 2 is 2.12 bits per heavy atom. The van der Waals surface area contributed by atoms with Crippen molar-refractivity contribution in [2.24, 2.45) is 0 Å². The van der Waals surface area contributed by atoms with Crippen LogP contribution in [0.2, 0.25) is 0 Å². The van der Waals surface area contributed by atoms with Crippen molar-refractivity contribution in [3.63, 3.8) is 0 Å². The van der Waals surface area contributed by atoms with Crippen LogP contribution in [0.15, 0.2) is 35.0 Å². The molecule has 2 aromatic rings. The molecule has 0 unspecified atom stereocenters. The molecule has 1 aromatic carbocycles. The summed E-state index contributed by atoms with van der Waals surface area (Å²) >= 11 is 0. The van der Waals surface area contributed by atoms with E-state index in [2.05, 4.69) is 15.0 Å². The van der Waals surface area contributed by atoms with E-state index in [1.54, 1.807) is 0 Å². The predicted octanol–water partition coefficient (Wildman–Crippen LogP) is 2.21. The number of anilines is 1. The van der Waals surface area contributed by atoms with Gasteiger partial charge in [-0.05, 0) is 12.1 Å².